The van der Waals surface area contributed by atoms with Crippen molar-refractivity contribution >= 4 is 29.1 Å². The Bertz CT molecular complexity index is 794. The van der Waals surface area contributed by atoms with Crippen LogP contribution in [0.1, 0.15) is 35.3 Å². The van der Waals surface area contributed by atoms with Crippen molar-refractivity contribution in [3.8, 4) is 11.5 Å². The van der Waals surface area contributed by atoms with E-state index in [-0.39, 0.29) is 11.9 Å². The average molecular weight is 380 g/mol. The predicted molar refractivity (Wildman–Crippen MR) is 99.0 cm³/mol. The van der Waals surface area contributed by atoms with Gasteiger partial charge in [0.05, 0.1) is 19.3 Å². The number of carbonyl (C=O) groups is 1. The summed E-state index contributed by atoms with van der Waals surface area (Å²) in [6, 6.07) is 10.4. The third kappa shape index (κ3) is 3.86. The smallest absolute Gasteiger partial charge is 0.254 e. The zero-order valence-corrected chi connectivity index (χ0v) is 15.6. The minimum Gasteiger partial charge on any atom is -0.490 e. The van der Waals surface area contributed by atoms with E-state index in [1.807, 2.05) is 13.0 Å². The fraction of sp³-hybridized carbons (Fsp3) is 0.316. The molecule has 1 aliphatic rings. The molecule has 0 saturated heterocycles. The number of nitrogens with zero attached hydrogens (tertiary/aromatic N) is 1. The molecule has 2 aromatic carbocycles. The van der Waals surface area contributed by atoms with Gasteiger partial charge in [-0.15, -0.1) is 0 Å². The number of hydrogen-bond acceptors (Lipinski definition) is 3. The van der Waals surface area contributed by atoms with E-state index < -0.39 is 0 Å². The van der Waals surface area contributed by atoms with Gasteiger partial charge in [0.25, 0.3) is 5.91 Å². The lowest BCUT2D eigenvalue weighted by molar-refractivity contribution is 0.0742. The SMILES string of the molecule is CC(c1ccc(Cl)cc1Cl)N(C)C(=O)c1ccc2c(c1)OCCCO2. The molecule has 0 saturated carbocycles. The Balaban J connectivity index is 1.83. The highest BCUT2D eigenvalue weighted by Crippen LogP contribution is 2.33. The normalized spacial score (nSPS) is 14.6. The average Bonchev–Trinajstić information content (AvgIpc) is 2.84. The van der Waals surface area contributed by atoms with Crippen LogP contribution in [-0.2, 0) is 0 Å². The molecular weight excluding hydrogens is 361 g/mol. The molecule has 0 radical (unpaired) electrons. The van der Waals surface area contributed by atoms with Crippen molar-refractivity contribution < 1.29 is 14.3 Å². The summed E-state index contributed by atoms with van der Waals surface area (Å²) in [7, 11) is 1.75. The molecule has 0 aromatic heterocycles. The summed E-state index contributed by atoms with van der Waals surface area (Å²) < 4.78 is 11.3. The number of halogens is 2. The maximum atomic E-state index is 12.9. The first kappa shape index (κ1) is 17.9. The van der Waals surface area contributed by atoms with Gasteiger partial charge in [-0.05, 0) is 42.8 Å². The van der Waals surface area contributed by atoms with E-state index in [0.717, 1.165) is 12.0 Å². The molecule has 0 spiro atoms. The Morgan fingerprint density at radius 2 is 1.80 bits per heavy atom. The standard InChI is InChI=1S/C19H19Cl2NO3/c1-12(15-6-5-14(20)11-16(15)21)22(2)19(23)13-4-7-17-18(10-13)25-9-3-8-24-17/h4-7,10-12H,3,8-9H2,1-2H3. The van der Waals surface area contributed by atoms with Crippen LogP contribution in [0.4, 0.5) is 0 Å². The second-order valence-electron chi connectivity index (χ2n) is 5.97. The summed E-state index contributed by atoms with van der Waals surface area (Å²) in [6.07, 6.45) is 0.823. The lowest BCUT2D eigenvalue weighted by atomic mass is 10.1. The van der Waals surface area contributed by atoms with Gasteiger partial charge < -0.3 is 14.4 Å². The van der Waals surface area contributed by atoms with Crippen LogP contribution in [0, 0.1) is 0 Å². The Morgan fingerprint density at radius 1 is 1.08 bits per heavy atom. The minimum absolute atomic E-state index is 0.117. The summed E-state index contributed by atoms with van der Waals surface area (Å²) in [5.74, 6) is 1.16. The largest absolute Gasteiger partial charge is 0.490 e. The summed E-state index contributed by atoms with van der Waals surface area (Å²) in [6.45, 7) is 3.12. The van der Waals surface area contributed by atoms with Crippen LogP contribution in [0.3, 0.4) is 0 Å². The van der Waals surface area contributed by atoms with Crippen LogP contribution >= 0.6 is 23.2 Å². The molecule has 6 heteroatoms. The van der Waals surface area contributed by atoms with E-state index in [9.17, 15) is 4.79 Å². The van der Waals surface area contributed by atoms with Gasteiger partial charge in [0.1, 0.15) is 0 Å². The second-order valence-corrected chi connectivity index (χ2v) is 6.81. The summed E-state index contributed by atoms with van der Waals surface area (Å²) in [5.41, 5.74) is 1.39. The Morgan fingerprint density at radius 3 is 2.52 bits per heavy atom. The molecule has 1 atom stereocenters. The van der Waals surface area contributed by atoms with Gasteiger partial charge in [0.2, 0.25) is 0 Å². The third-order valence-corrected chi connectivity index (χ3v) is 4.87. The van der Waals surface area contributed by atoms with Crippen molar-refractivity contribution in [3.63, 3.8) is 0 Å². The molecule has 2 aromatic rings. The quantitative estimate of drug-likeness (QED) is 0.753. The molecule has 0 bridgehead atoms. The predicted octanol–water partition coefficient (Wildman–Crippen LogP) is 4.99. The van der Waals surface area contributed by atoms with E-state index in [4.69, 9.17) is 32.7 Å². The number of carbonyl (C=O) groups excluding carboxylic acids is 1. The molecule has 4 nitrogen and oxygen atoms in total. The second kappa shape index (κ2) is 7.54. The first-order chi connectivity index (χ1) is 12.0. The highest BCUT2D eigenvalue weighted by atomic mass is 35.5. The van der Waals surface area contributed by atoms with Crippen LogP contribution in [0.25, 0.3) is 0 Å². The Kier molecular flexibility index (Phi) is 5.40. The molecule has 0 N–H and O–H groups in total. The van der Waals surface area contributed by atoms with Crippen molar-refractivity contribution in [3.05, 3.63) is 57.6 Å². The van der Waals surface area contributed by atoms with Crippen LogP contribution in [-0.4, -0.2) is 31.1 Å². The fourth-order valence-electron chi connectivity index (χ4n) is 2.72. The maximum Gasteiger partial charge on any atom is 0.254 e. The molecule has 0 fully saturated rings. The molecule has 3 rings (SSSR count). The number of amides is 1. The zero-order valence-electron chi connectivity index (χ0n) is 14.1. The molecule has 25 heavy (non-hydrogen) atoms. The number of hydrogen-bond donors (Lipinski definition) is 0. The Labute approximate surface area is 157 Å². The van der Waals surface area contributed by atoms with Crippen molar-refractivity contribution in [2.75, 3.05) is 20.3 Å². The van der Waals surface area contributed by atoms with Gasteiger partial charge in [-0.25, -0.2) is 0 Å². The lowest BCUT2D eigenvalue weighted by Crippen LogP contribution is -2.29. The number of ether oxygens (including phenoxy) is 2. The highest BCUT2D eigenvalue weighted by Gasteiger charge is 2.22. The van der Waals surface area contributed by atoms with E-state index in [2.05, 4.69) is 0 Å². The van der Waals surface area contributed by atoms with Gasteiger partial charge in [-0.1, -0.05) is 29.3 Å². The summed E-state index contributed by atoms with van der Waals surface area (Å²) in [4.78, 5) is 14.5. The van der Waals surface area contributed by atoms with Gasteiger partial charge in [-0.2, -0.15) is 0 Å². The molecule has 1 aliphatic heterocycles. The first-order valence-electron chi connectivity index (χ1n) is 8.09. The maximum absolute atomic E-state index is 12.9. The van der Waals surface area contributed by atoms with Crippen molar-refractivity contribution in [2.45, 2.75) is 19.4 Å². The minimum atomic E-state index is -0.201. The lowest BCUT2D eigenvalue weighted by Gasteiger charge is -2.26. The zero-order chi connectivity index (χ0) is 18.0. The van der Waals surface area contributed by atoms with Gasteiger partial charge in [0, 0.05) is 29.1 Å². The molecule has 132 valence electrons. The Hall–Kier alpha value is -1.91. The van der Waals surface area contributed by atoms with Gasteiger partial charge >= 0.3 is 0 Å². The third-order valence-electron chi connectivity index (χ3n) is 4.31. The van der Waals surface area contributed by atoms with Crippen LogP contribution in [0.5, 0.6) is 11.5 Å². The topological polar surface area (TPSA) is 38.8 Å². The molecular formula is C19H19Cl2NO3. The fourth-order valence-corrected chi connectivity index (χ4v) is 3.29. The van der Waals surface area contributed by atoms with Crippen LogP contribution < -0.4 is 9.47 Å². The van der Waals surface area contributed by atoms with Crippen molar-refractivity contribution in [2.24, 2.45) is 0 Å². The molecule has 0 aliphatic carbocycles. The van der Waals surface area contributed by atoms with Gasteiger partial charge in [-0.3, -0.25) is 4.79 Å². The number of rotatable bonds is 3. The highest BCUT2D eigenvalue weighted by molar-refractivity contribution is 6.35. The monoisotopic (exact) mass is 379 g/mol. The molecule has 1 unspecified atom stereocenters. The number of benzene rings is 2. The first-order valence-corrected chi connectivity index (χ1v) is 8.84. The summed E-state index contributed by atoms with van der Waals surface area (Å²) >= 11 is 12.2. The van der Waals surface area contributed by atoms with E-state index in [0.29, 0.717) is 40.3 Å². The van der Waals surface area contributed by atoms with Gasteiger partial charge in [0.15, 0.2) is 11.5 Å². The van der Waals surface area contributed by atoms with Crippen LogP contribution in [0.15, 0.2) is 36.4 Å². The molecule has 1 amide bonds. The van der Waals surface area contributed by atoms with E-state index in [1.165, 1.54) is 0 Å². The van der Waals surface area contributed by atoms with Crippen LogP contribution in [0.2, 0.25) is 10.0 Å². The van der Waals surface area contributed by atoms with E-state index in [1.54, 1.807) is 42.3 Å². The van der Waals surface area contributed by atoms with Crippen molar-refractivity contribution in [1.82, 2.24) is 4.90 Å². The van der Waals surface area contributed by atoms with Crippen molar-refractivity contribution in [1.29, 1.82) is 0 Å². The molecule has 1 heterocycles. The summed E-state index contributed by atoms with van der Waals surface area (Å²) in [5, 5.41) is 1.11. The van der Waals surface area contributed by atoms with E-state index >= 15 is 0 Å². The number of fused-ring (bicyclic) bond motifs is 1.